The number of amides is 1. The summed E-state index contributed by atoms with van der Waals surface area (Å²) in [5.41, 5.74) is 0.975. The van der Waals surface area contributed by atoms with E-state index in [1.165, 1.54) is 17.8 Å². The van der Waals surface area contributed by atoms with Crippen LogP contribution >= 0.6 is 11.8 Å². The number of rotatable bonds is 7. The third kappa shape index (κ3) is 4.77. The predicted octanol–water partition coefficient (Wildman–Crippen LogP) is 2.49. The molecule has 1 aromatic carbocycles. The molecule has 1 amide bonds. The van der Waals surface area contributed by atoms with Crippen LogP contribution in [0.4, 0.5) is 10.1 Å². The van der Waals surface area contributed by atoms with Gasteiger partial charge in [0.05, 0.1) is 11.9 Å². The Bertz CT molecular complexity index is 677. The van der Waals surface area contributed by atoms with Crippen LogP contribution < -0.4 is 5.32 Å². The Balaban J connectivity index is 1.97. The summed E-state index contributed by atoms with van der Waals surface area (Å²) in [7, 11) is 1.62. The Morgan fingerprint density at radius 2 is 2.30 bits per heavy atom. The van der Waals surface area contributed by atoms with Crippen molar-refractivity contribution < 1.29 is 13.9 Å². The molecule has 0 aliphatic rings. The first-order chi connectivity index (χ1) is 11.0. The fraction of sp³-hybridized carbons (Fsp3) is 0.400. The molecule has 23 heavy (non-hydrogen) atoms. The van der Waals surface area contributed by atoms with Crippen molar-refractivity contribution in [3.63, 3.8) is 0 Å². The summed E-state index contributed by atoms with van der Waals surface area (Å²) in [4.78, 5) is 12.2. The van der Waals surface area contributed by atoms with E-state index in [2.05, 4.69) is 15.5 Å². The average molecular weight is 338 g/mol. The Hall–Kier alpha value is -1.93. The second-order valence-electron chi connectivity index (χ2n) is 5.01. The summed E-state index contributed by atoms with van der Waals surface area (Å²) < 4.78 is 20.4. The van der Waals surface area contributed by atoms with Gasteiger partial charge in [-0.05, 0) is 31.5 Å². The molecule has 1 heterocycles. The van der Waals surface area contributed by atoms with E-state index in [0.717, 1.165) is 0 Å². The molecule has 2 aromatic rings. The van der Waals surface area contributed by atoms with E-state index in [9.17, 15) is 9.18 Å². The van der Waals surface area contributed by atoms with Gasteiger partial charge in [-0.25, -0.2) is 4.39 Å². The number of aryl methyl sites for hydroxylation is 1. The van der Waals surface area contributed by atoms with E-state index < -0.39 is 5.25 Å². The van der Waals surface area contributed by atoms with Crippen LogP contribution in [0.5, 0.6) is 0 Å². The molecule has 2 rings (SSSR count). The summed E-state index contributed by atoms with van der Waals surface area (Å²) in [5, 5.41) is 10.8. The molecule has 1 atom stereocenters. The minimum atomic E-state index is -0.398. The van der Waals surface area contributed by atoms with Crippen LogP contribution in [0.1, 0.15) is 12.5 Å². The van der Waals surface area contributed by atoms with Gasteiger partial charge in [-0.2, -0.15) is 0 Å². The van der Waals surface area contributed by atoms with Gasteiger partial charge >= 0.3 is 0 Å². The molecule has 0 aliphatic carbocycles. The molecule has 8 heteroatoms. The maximum atomic E-state index is 13.5. The lowest BCUT2D eigenvalue weighted by molar-refractivity contribution is -0.115. The number of hydrogen-bond donors (Lipinski definition) is 1. The zero-order chi connectivity index (χ0) is 16.8. The van der Waals surface area contributed by atoms with Crippen LogP contribution in [-0.4, -0.2) is 39.6 Å². The molecule has 0 fully saturated rings. The first-order valence-electron chi connectivity index (χ1n) is 7.11. The lowest BCUT2D eigenvalue weighted by Crippen LogP contribution is -2.23. The number of halogens is 1. The minimum Gasteiger partial charge on any atom is -0.383 e. The summed E-state index contributed by atoms with van der Waals surface area (Å²) in [6.45, 7) is 4.59. The highest BCUT2D eigenvalue weighted by atomic mass is 32.2. The Labute approximate surface area is 138 Å². The summed E-state index contributed by atoms with van der Waals surface area (Å²) in [6.07, 6.45) is 1.60. The second kappa shape index (κ2) is 8.07. The number of nitrogens with one attached hydrogen (secondary N) is 1. The molecule has 124 valence electrons. The van der Waals surface area contributed by atoms with Crippen molar-refractivity contribution in [2.24, 2.45) is 0 Å². The normalized spacial score (nSPS) is 12.2. The number of nitrogens with zero attached hydrogens (tertiary/aromatic N) is 3. The molecule has 0 bridgehead atoms. The zero-order valence-corrected chi connectivity index (χ0v) is 14.1. The minimum absolute atomic E-state index is 0.223. The predicted molar refractivity (Wildman–Crippen MR) is 87.0 cm³/mol. The molecule has 0 saturated heterocycles. The van der Waals surface area contributed by atoms with Crippen molar-refractivity contribution in [1.82, 2.24) is 14.8 Å². The van der Waals surface area contributed by atoms with Gasteiger partial charge in [0.2, 0.25) is 5.91 Å². The van der Waals surface area contributed by atoms with E-state index in [-0.39, 0.29) is 11.7 Å². The van der Waals surface area contributed by atoms with Crippen LogP contribution in [0, 0.1) is 12.7 Å². The quantitative estimate of drug-likeness (QED) is 0.786. The Morgan fingerprint density at radius 1 is 1.52 bits per heavy atom. The van der Waals surface area contributed by atoms with E-state index in [0.29, 0.717) is 29.6 Å². The molecule has 0 radical (unpaired) electrons. The highest BCUT2D eigenvalue weighted by Crippen LogP contribution is 2.22. The van der Waals surface area contributed by atoms with Crippen LogP contribution in [-0.2, 0) is 16.1 Å². The topological polar surface area (TPSA) is 69.0 Å². The molecular weight excluding hydrogens is 319 g/mol. The molecule has 0 saturated carbocycles. The van der Waals surface area contributed by atoms with Gasteiger partial charge in [-0.1, -0.05) is 17.8 Å². The van der Waals surface area contributed by atoms with E-state index in [1.54, 1.807) is 39.4 Å². The Morgan fingerprint density at radius 3 is 3.00 bits per heavy atom. The molecule has 1 unspecified atom stereocenters. The number of aromatic nitrogens is 3. The number of ether oxygens (including phenoxy) is 1. The summed E-state index contributed by atoms with van der Waals surface area (Å²) >= 11 is 1.29. The molecule has 6 nitrogen and oxygen atoms in total. The highest BCUT2D eigenvalue weighted by molar-refractivity contribution is 8.00. The second-order valence-corrected chi connectivity index (χ2v) is 6.32. The van der Waals surface area contributed by atoms with Crippen LogP contribution in [0.2, 0.25) is 0 Å². The third-order valence-electron chi connectivity index (χ3n) is 3.21. The van der Waals surface area contributed by atoms with Crippen molar-refractivity contribution in [2.75, 3.05) is 19.0 Å². The standard InChI is InChI=1S/C15H19FN4O2S/c1-10-4-5-12(8-13(10)16)18-14(21)11(2)23-15-19-17-9-20(15)6-7-22-3/h4-5,8-9,11H,6-7H2,1-3H3,(H,18,21). The molecule has 0 spiro atoms. The largest absolute Gasteiger partial charge is 0.383 e. The SMILES string of the molecule is COCCn1cnnc1SC(C)C(=O)Nc1ccc(C)c(F)c1. The number of hydrogen-bond acceptors (Lipinski definition) is 5. The monoisotopic (exact) mass is 338 g/mol. The van der Waals surface area contributed by atoms with Crippen molar-refractivity contribution in [3.05, 3.63) is 35.9 Å². The van der Waals surface area contributed by atoms with Gasteiger partial charge in [0, 0.05) is 19.3 Å². The smallest absolute Gasteiger partial charge is 0.237 e. The lowest BCUT2D eigenvalue weighted by atomic mass is 10.2. The first-order valence-corrected chi connectivity index (χ1v) is 7.99. The van der Waals surface area contributed by atoms with E-state index in [1.807, 2.05) is 4.57 Å². The van der Waals surface area contributed by atoms with E-state index >= 15 is 0 Å². The molecule has 1 N–H and O–H groups in total. The first kappa shape index (κ1) is 17.4. The van der Waals surface area contributed by atoms with Crippen molar-refractivity contribution in [3.8, 4) is 0 Å². The number of anilines is 1. The number of thioether (sulfide) groups is 1. The third-order valence-corrected chi connectivity index (χ3v) is 4.30. The molecule has 1 aromatic heterocycles. The van der Waals surface area contributed by atoms with Gasteiger partial charge in [0.25, 0.3) is 0 Å². The van der Waals surface area contributed by atoms with Crippen molar-refractivity contribution in [1.29, 1.82) is 0 Å². The highest BCUT2D eigenvalue weighted by Gasteiger charge is 2.18. The average Bonchev–Trinajstić information content (AvgIpc) is 2.96. The summed E-state index contributed by atoms with van der Waals surface area (Å²) in [5.74, 6) is -0.568. The fourth-order valence-corrected chi connectivity index (χ4v) is 2.66. The van der Waals surface area contributed by atoms with Gasteiger partial charge in [-0.3, -0.25) is 4.79 Å². The number of methoxy groups -OCH3 is 1. The van der Waals surface area contributed by atoms with Gasteiger partial charge in [0.15, 0.2) is 5.16 Å². The van der Waals surface area contributed by atoms with Crippen LogP contribution in [0.25, 0.3) is 0 Å². The van der Waals surface area contributed by atoms with Crippen molar-refractivity contribution in [2.45, 2.75) is 30.8 Å². The molecular formula is C15H19FN4O2S. The van der Waals surface area contributed by atoms with Crippen LogP contribution in [0.3, 0.4) is 0 Å². The Kier molecular flexibility index (Phi) is 6.12. The lowest BCUT2D eigenvalue weighted by Gasteiger charge is -2.12. The maximum absolute atomic E-state index is 13.5. The van der Waals surface area contributed by atoms with E-state index in [4.69, 9.17) is 4.74 Å². The van der Waals surface area contributed by atoms with Gasteiger partial charge in [0.1, 0.15) is 12.1 Å². The fourth-order valence-electron chi connectivity index (χ4n) is 1.80. The van der Waals surface area contributed by atoms with Crippen LogP contribution in [0.15, 0.2) is 29.7 Å². The van der Waals surface area contributed by atoms with Crippen molar-refractivity contribution >= 4 is 23.4 Å². The zero-order valence-electron chi connectivity index (χ0n) is 13.2. The molecule has 0 aliphatic heterocycles. The maximum Gasteiger partial charge on any atom is 0.237 e. The van der Waals surface area contributed by atoms with Gasteiger partial charge in [-0.15, -0.1) is 10.2 Å². The van der Waals surface area contributed by atoms with Gasteiger partial charge < -0.3 is 14.6 Å². The number of carbonyl (C=O) groups excluding carboxylic acids is 1. The summed E-state index contributed by atoms with van der Waals surface area (Å²) in [6, 6.07) is 4.62. The number of carbonyl (C=O) groups is 1. The number of benzene rings is 1.